The lowest BCUT2D eigenvalue weighted by Gasteiger charge is -2.30. The van der Waals surface area contributed by atoms with E-state index in [0.29, 0.717) is 48.0 Å². The molecule has 3 N–H and O–H groups in total. The van der Waals surface area contributed by atoms with Crippen molar-refractivity contribution in [1.29, 1.82) is 10.8 Å². The fourth-order valence-corrected chi connectivity index (χ4v) is 4.78. The second kappa shape index (κ2) is 13.4. The van der Waals surface area contributed by atoms with E-state index in [1.807, 2.05) is 0 Å². The first-order valence-corrected chi connectivity index (χ1v) is 13.4. The third-order valence-corrected chi connectivity index (χ3v) is 7.08. The fraction of sp³-hybridized carbons (Fsp3) is 0.400. The molecule has 2 heterocycles. The molecule has 0 bridgehead atoms. The van der Waals surface area contributed by atoms with Crippen molar-refractivity contribution in [2.45, 2.75) is 44.4 Å². The number of carbonyl (C=O) groups is 2. The van der Waals surface area contributed by atoms with Crippen LogP contribution in [0.5, 0.6) is 11.5 Å². The van der Waals surface area contributed by atoms with Gasteiger partial charge in [0.2, 0.25) is 5.90 Å². The number of ether oxygens (including phenoxy) is 6. The maximum atomic E-state index is 12.6. The molecule has 2 aliphatic heterocycles. The lowest BCUT2D eigenvalue weighted by molar-refractivity contribution is -0.137. The zero-order valence-electron chi connectivity index (χ0n) is 23.1. The van der Waals surface area contributed by atoms with E-state index in [0.717, 1.165) is 12.6 Å². The van der Waals surface area contributed by atoms with Gasteiger partial charge in [0.25, 0.3) is 0 Å². The Morgan fingerprint density at radius 3 is 2.27 bits per heavy atom. The van der Waals surface area contributed by atoms with E-state index in [1.165, 1.54) is 24.3 Å². The molecule has 2 aromatic carbocycles. The van der Waals surface area contributed by atoms with Crippen molar-refractivity contribution in [3.63, 3.8) is 0 Å². The van der Waals surface area contributed by atoms with Gasteiger partial charge in [-0.05, 0) is 74.2 Å². The van der Waals surface area contributed by atoms with E-state index >= 15 is 0 Å². The molecule has 0 aromatic heterocycles. The summed E-state index contributed by atoms with van der Waals surface area (Å²) < 4.78 is 32.7. The molecule has 2 aliphatic rings. The molecular formula is C30H35N3O8. The maximum Gasteiger partial charge on any atom is 0.386 e. The van der Waals surface area contributed by atoms with Crippen molar-refractivity contribution in [3.8, 4) is 11.5 Å². The fourth-order valence-electron chi connectivity index (χ4n) is 4.78. The number of unbranched alkanes of at least 4 members (excludes halogenated alkanes) is 1. The molecule has 0 radical (unpaired) electrons. The summed E-state index contributed by atoms with van der Waals surface area (Å²) in [4.78, 5) is 23.6. The summed E-state index contributed by atoms with van der Waals surface area (Å²) in [5, 5.41) is 19.7. The van der Waals surface area contributed by atoms with Gasteiger partial charge in [0.05, 0.1) is 37.0 Å². The van der Waals surface area contributed by atoms with E-state index in [1.54, 1.807) is 24.3 Å². The Morgan fingerprint density at radius 2 is 1.61 bits per heavy atom. The van der Waals surface area contributed by atoms with Crippen LogP contribution >= 0.6 is 0 Å². The number of carbonyl (C=O) groups excluding carboxylic acids is 2. The molecule has 4 atom stereocenters. The van der Waals surface area contributed by atoms with Crippen LogP contribution in [0.4, 0.5) is 0 Å². The monoisotopic (exact) mass is 565 g/mol. The smallest absolute Gasteiger partial charge is 0.386 e. The van der Waals surface area contributed by atoms with E-state index in [9.17, 15) is 9.59 Å². The van der Waals surface area contributed by atoms with E-state index in [-0.39, 0.29) is 42.9 Å². The van der Waals surface area contributed by atoms with Crippen LogP contribution in [0.2, 0.25) is 0 Å². The number of rotatable bonds is 11. The SMILES string of the molecule is C=CC(=O)OCCCCOC(=N)Oc1ccc(C(=O)Oc2ccc(C(=N)OC3COC4[C@@H](C)CN[C@]34C)cc2)cc1. The molecule has 4 rings (SSSR count). The highest BCUT2D eigenvalue weighted by Crippen LogP contribution is 2.37. The van der Waals surface area contributed by atoms with Crippen LogP contribution in [0.1, 0.15) is 42.6 Å². The number of benzene rings is 2. The highest BCUT2D eigenvalue weighted by Gasteiger charge is 2.55. The van der Waals surface area contributed by atoms with E-state index in [4.69, 9.17) is 39.2 Å². The summed E-state index contributed by atoms with van der Waals surface area (Å²) in [6.07, 6.45) is 1.65. The molecule has 41 heavy (non-hydrogen) atoms. The van der Waals surface area contributed by atoms with Crippen LogP contribution < -0.4 is 14.8 Å². The van der Waals surface area contributed by atoms with E-state index in [2.05, 4.69) is 25.7 Å². The molecule has 2 aromatic rings. The van der Waals surface area contributed by atoms with Crippen molar-refractivity contribution in [3.05, 3.63) is 72.3 Å². The second-order valence-corrected chi connectivity index (χ2v) is 10.1. The molecule has 218 valence electrons. The Morgan fingerprint density at radius 1 is 1.00 bits per heavy atom. The molecule has 0 spiro atoms. The Kier molecular flexibility index (Phi) is 9.74. The Bertz CT molecular complexity index is 1260. The first-order chi connectivity index (χ1) is 19.7. The highest BCUT2D eigenvalue weighted by atomic mass is 16.7. The van der Waals surface area contributed by atoms with Gasteiger partial charge in [-0.3, -0.25) is 5.41 Å². The van der Waals surface area contributed by atoms with Gasteiger partial charge < -0.3 is 33.7 Å². The van der Waals surface area contributed by atoms with Gasteiger partial charge >= 0.3 is 18.0 Å². The van der Waals surface area contributed by atoms with Crippen LogP contribution in [0.15, 0.2) is 61.2 Å². The van der Waals surface area contributed by atoms with Crippen molar-refractivity contribution < 1.29 is 38.0 Å². The van der Waals surface area contributed by atoms with Crippen molar-refractivity contribution in [1.82, 2.24) is 5.32 Å². The number of fused-ring (bicyclic) bond motifs is 1. The van der Waals surface area contributed by atoms with Crippen molar-refractivity contribution in [2.24, 2.45) is 5.92 Å². The third kappa shape index (κ3) is 7.50. The lowest BCUT2D eigenvalue weighted by atomic mass is 9.89. The van der Waals surface area contributed by atoms with Gasteiger partial charge in [-0.1, -0.05) is 13.5 Å². The predicted molar refractivity (Wildman–Crippen MR) is 150 cm³/mol. The quantitative estimate of drug-likeness (QED) is 0.0922. The third-order valence-electron chi connectivity index (χ3n) is 7.08. The van der Waals surface area contributed by atoms with Gasteiger partial charge in [0.1, 0.15) is 17.6 Å². The summed E-state index contributed by atoms with van der Waals surface area (Å²) in [6.45, 7) is 9.27. The standard InChI is InChI=1S/C30H35N3O8/c1-4-25(34)36-15-5-6-16-37-29(32)40-23-13-9-21(10-14-23)28(35)39-22-11-7-20(8-12-22)27(31)41-24-18-38-26-19(2)17-33-30(24,26)3/h4,7-14,19,24,26,31-33H,1,5-6,15-18H2,2-3H3/t19-,24?,26?,30+/m0/s1. The number of nitrogens with one attached hydrogen (secondary N) is 3. The Labute approximate surface area is 238 Å². The molecule has 11 nitrogen and oxygen atoms in total. The van der Waals surface area contributed by atoms with Gasteiger partial charge in [-0.15, -0.1) is 0 Å². The maximum absolute atomic E-state index is 12.6. The lowest BCUT2D eigenvalue weighted by Crippen LogP contribution is -2.52. The van der Waals surface area contributed by atoms with Gasteiger partial charge in [0, 0.05) is 18.2 Å². The molecule has 2 unspecified atom stereocenters. The molecule has 2 fully saturated rings. The summed E-state index contributed by atoms with van der Waals surface area (Å²) in [5.41, 5.74) is 0.520. The summed E-state index contributed by atoms with van der Waals surface area (Å²) in [7, 11) is 0. The number of esters is 2. The number of hydrogen-bond donors (Lipinski definition) is 3. The summed E-state index contributed by atoms with van der Waals surface area (Å²) in [5.74, 6) is 0.00995. The zero-order valence-corrected chi connectivity index (χ0v) is 23.1. The Hall–Kier alpha value is -4.22. The van der Waals surface area contributed by atoms with Crippen LogP contribution in [-0.2, 0) is 23.7 Å². The van der Waals surface area contributed by atoms with Crippen molar-refractivity contribution >= 4 is 23.9 Å². The normalized spacial score (nSPS) is 22.7. The predicted octanol–water partition coefficient (Wildman–Crippen LogP) is 3.85. The summed E-state index contributed by atoms with van der Waals surface area (Å²) in [6, 6.07) is 12.7. The minimum Gasteiger partial charge on any atom is -0.470 e. The van der Waals surface area contributed by atoms with Crippen LogP contribution in [-0.4, -0.2) is 68.0 Å². The minimum absolute atomic E-state index is 0.0267. The average molecular weight is 566 g/mol. The molecule has 0 aliphatic carbocycles. The summed E-state index contributed by atoms with van der Waals surface area (Å²) >= 11 is 0. The van der Waals surface area contributed by atoms with E-state index < -0.39 is 11.9 Å². The highest BCUT2D eigenvalue weighted by molar-refractivity contribution is 5.93. The van der Waals surface area contributed by atoms with Gasteiger partial charge in [-0.2, -0.15) is 0 Å². The van der Waals surface area contributed by atoms with Crippen LogP contribution in [0, 0.1) is 16.7 Å². The average Bonchev–Trinajstić information content (AvgIpc) is 3.45. The molecule has 11 heteroatoms. The minimum atomic E-state index is -0.567. The Balaban J connectivity index is 1.20. The van der Waals surface area contributed by atoms with Gasteiger partial charge in [0.15, 0.2) is 0 Å². The molecular weight excluding hydrogens is 530 g/mol. The topological polar surface area (TPSA) is 149 Å². The van der Waals surface area contributed by atoms with Crippen molar-refractivity contribution in [2.75, 3.05) is 26.4 Å². The van der Waals surface area contributed by atoms with Crippen LogP contribution in [0.3, 0.4) is 0 Å². The first kappa shape index (κ1) is 29.8. The number of hydrogen-bond acceptors (Lipinski definition) is 11. The largest absolute Gasteiger partial charge is 0.470 e. The van der Waals surface area contributed by atoms with Crippen LogP contribution in [0.25, 0.3) is 0 Å². The molecule has 0 saturated carbocycles. The zero-order chi connectivity index (χ0) is 29.4. The molecule has 0 amide bonds. The van der Waals surface area contributed by atoms with Gasteiger partial charge in [-0.25, -0.2) is 15.0 Å². The molecule has 2 saturated heterocycles. The first-order valence-electron chi connectivity index (χ1n) is 13.4. The second-order valence-electron chi connectivity index (χ2n) is 10.1.